The Balaban J connectivity index is 2.29. The zero-order chi connectivity index (χ0) is 15.3. The number of methoxy groups -OCH3 is 1. The van der Waals surface area contributed by atoms with Crippen molar-refractivity contribution in [1.82, 2.24) is 4.48 Å². The molecule has 0 saturated carbocycles. The Hall–Kier alpha value is -2.42. The number of hydrogen-bond acceptors (Lipinski definition) is 1. The maximum Gasteiger partial charge on any atom is 0.196 e. The summed E-state index contributed by atoms with van der Waals surface area (Å²) in [6.07, 6.45) is 0. The molecule has 0 amide bonds. The lowest BCUT2D eigenvalue weighted by atomic mass is 10.1. The molecule has 0 aromatic heterocycles. The molecule has 0 bridgehead atoms. The van der Waals surface area contributed by atoms with Crippen LogP contribution in [0.15, 0.2) is 91.0 Å². The normalized spacial score (nSPS) is 11.3. The Morgan fingerprint density at radius 1 is 0.591 bits per heavy atom. The lowest BCUT2D eigenvalue weighted by Crippen LogP contribution is -2.40. The molecule has 0 aliphatic rings. The van der Waals surface area contributed by atoms with Gasteiger partial charge in [-0.3, -0.25) is 0 Å². The molecule has 3 aromatic rings. The van der Waals surface area contributed by atoms with E-state index in [1.807, 2.05) is 18.2 Å². The second-order valence-corrected chi connectivity index (χ2v) is 5.23. The highest BCUT2D eigenvalue weighted by atomic mass is 16.5. The lowest BCUT2D eigenvalue weighted by molar-refractivity contribution is 0.132. The third-order valence-corrected chi connectivity index (χ3v) is 3.91. The van der Waals surface area contributed by atoms with Crippen molar-refractivity contribution in [3.8, 4) is 0 Å². The van der Waals surface area contributed by atoms with Gasteiger partial charge in [0.25, 0.3) is 0 Å². The van der Waals surface area contributed by atoms with Crippen LogP contribution in [0, 0.1) is 0 Å². The number of hydrogen-bond donors (Lipinski definition) is 0. The molecule has 0 fully saturated rings. The smallest absolute Gasteiger partial charge is 0.196 e. The van der Waals surface area contributed by atoms with E-state index in [0.717, 1.165) is 0 Å². The number of benzene rings is 3. The summed E-state index contributed by atoms with van der Waals surface area (Å²) in [5, 5.41) is 0. The Morgan fingerprint density at radius 3 is 1.18 bits per heavy atom. The van der Waals surface area contributed by atoms with Gasteiger partial charge in [-0.2, -0.15) is 0 Å². The van der Waals surface area contributed by atoms with E-state index in [1.165, 1.54) is 17.1 Å². The minimum Gasteiger partial charge on any atom is -0.334 e. The molecule has 0 atom stereocenters. The summed E-state index contributed by atoms with van der Waals surface area (Å²) in [7, 11) is 1.75. The second-order valence-electron chi connectivity index (χ2n) is 5.23. The van der Waals surface area contributed by atoms with Crippen molar-refractivity contribution in [3.05, 3.63) is 91.0 Å². The molecule has 2 nitrogen and oxygen atoms in total. The van der Waals surface area contributed by atoms with Crippen LogP contribution in [0.2, 0.25) is 0 Å². The van der Waals surface area contributed by atoms with Crippen molar-refractivity contribution in [1.29, 1.82) is 0 Å². The van der Waals surface area contributed by atoms with Crippen molar-refractivity contribution in [2.45, 2.75) is 0 Å². The first-order valence-corrected chi connectivity index (χ1v) is 7.42. The van der Waals surface area contributed by atoms with Crippen molar-refractivity contribution in [2.75, 3.05) is 13.8 Å². The van der Waals surface area contributed by atoms with Gasteiger partial charge < -0.3 is 4.74 Å². The van der Waals surface area contributed by atoms with Crippen LogP contribution in [0.4, 0.5) is 17.1 Å². The first kappa shape index (κ1) is 14.5. The van der Waals surface area contributed by atoms with Crippen LogP contribution in [0.3, 0.4) is 0 Å². The quantitative estimate of drug-likeness (QED) is 0.460. The van der Waals surface area contributed by atoms with Crippen LogP contribution in [0.25, 0.3) is 0 Å². The molecule has 0 heterocycles. The van der Waals surface area contributed by atoms with Gasteiger partial charge in [-0.1, -0.05) is 54.6 Å². The SMILES string of the molecule is COC[N+](c1ccccc1)(c1ccccc1)c1ccccc1. The summed E-state index contributed by atoms with van der Waals surface area (Å²) >= 11 is 0. The Kier molecular flexibility index (Phi) is 4.33. The highest BCUT2D eigenvalue weighted by molar-refractivity contribution is 5.70. The van der Waals surface area contributed by atoms with Crippen molar-refractivity contribution in [3.63, 3.8) is 0 Å². The van der Waals surface area contributed by atoms with E-state index in [4.69, 9.17) is 4.74 Å². The topological polar surface area (TPSA) is 9.23 Å². The highest BCUT2D eigenvalue weighted by Crippen LogP contribution is 2.43. The molecule has 2 heteroatoms. The lowest BCUT2D eigenvalue weighted by Gasteiger charge is -2.36. The third-order valence-electron chi connectivity index (χ3n) is 3.91. The van der Waals surface area contributed by atoms with Gasteiger partial charge in [0.1, 0.15) is 17.1 Å². The van der Waals surface area contributed by atoms with Crippen LogP contribution in [-0.2, 0) is 4.74 Å². The first-order valence-electron chi connectivity index (χ1n) is 7.42. The molecule has 0 saturated heterocycles. The van der Waals surface area contributed by atoms with Gasteiger partial charge >= 0.3 is 0 Å². The van der Waals surface area contributed by atoms with Gasteiger partial charge in [0.05, 0.1) is 0 Å². The predicted molar refractivity (Wildman–Crippen MR) is 92.3 cm³/mol. The third kappa shape index (κ3) is 2.54. The van der Waals surface area contributed by atoms with Crippen molar-refractivity contribution in [2.24, 2.45) is 0 Å². The molecule has 3 rings (SSSR count). The fourth-order valence-electron chi connectivity index (χ4n) is 2.91. The molecule has 0 spiro atoms. The summed E-state index contributed by atoms with van der Waals surface area (Å²) in [5.74, 6) is 0. The average Bonchev–Trinajstić information content (AvgIpc) is 2.62. The van der Waals surface area contributed by atoms with Gasteiger partial charge in [0.15, 0.2) is 6.73 Å². The molecular weight excluding hydrogens is 270 g/mol. The Bertz CT molecular complexity index is 599. The summed E-state index contributed by atoms with van der Waals surface area (Å²) < 4.78 is 6.18. The van der Waals surface area contributed by atoms with Crippen LogP contribution < -0.4 is 4.48 Å². The largest absolute Gasteiger partial charge is 0.334 e. The van der Waals surface area contributed by atoms with E-state index in [9.17, 15) is 0 Å². The zero-order valence-corrected chi connectivity index (χ0v) is 12.7. The number of quaternary nitrogens is 1. The number of rotatable bonds is 5. The van der Waals surface area contributed by atoms with Crippen LogP contribution >= 0.6 is 0 Å². The minimum atomic E-state index is 0.540. The van der Waals surface area contributed by atoms with Crippen LogP contribution in [0.5, 0.6) is 0 Å². The first-order chi connectivity index (χ1) is 10.9. The molecule has 0 N–H and O–H groups in total. The summed E-state index contributed by atoms with van der Waals surface area (Å²) in [6, 6.07) is 31.5. The molecule has 0 aliphatic carbocycles. The van der Waals surface area contributed by atoms with Gasteiger partial charge in [-0.15, -0.1) is 0 Å². The van der Waals surface area contributed by atoms with Gasteiger partial charge in [0, 0.05) is 43.5 Å². The van der Waals surface area contributed by atoms with Gasteiger partial charge in [0.2, 0.25) is 0 Å². The maximum atomic E-state index is 5.64. The predicted octanol–water partition coefficient (Wildman–Crippen LogP) is 5.26. The van der Waals surface area contributed by atoms with Gasteiger partial charge in [-0.25, -0.2) is 4.48 Å². The monoisotopic (exact) mass is 290 g/mol. The molecule has 110 valence electrons. The van der Waals surface area contributed by atoms with E-state index in [-0.39, 0.29) is 0 Å². The molecular formula is C20H20NO+. The molecule has 3 aromatic carbocycles. The molecule has 0 unspecified atom stereocenters. The van der Waals surface area contributed by atoms with E-state index in [2.05, 4.69) is 72.8 Å². The molecule has 0 radical (unpaired) electrons. The number of para-hydroxylation sites is 3. The van der Waals surface area contributed by atoms with Crippen molar-refractivity contribution >= 4 is 17.1 Å². The molecule has 22 heavy (non-hydrogen) atoms. The van der Waals surface area contributed by atoms with Crippen molar-refractivity contribution < 1.29 is 4.74 Å². The maximum absolute atomic E-state index is 5.64. The summed E-state index contributed by atoms with van der Waals surface area (Å²) in [6.45, 7) is 0.540. The van der Waals surface area contributed by atoms with E-state index in [0.29, 0.717) is 11.2 Å². The van der Waals surface area contributed by atoms with E-state index < -0.39 is 0 Å². The number of ether oxygens (including phenoxy) is 1. The van der Waals surface area contributed by atoms with Gasteiger partial charge in [-0.05, 0) is 0 Å². The Morgan fingerprint density at radius 2 is 0.909 bits per heavy atom. The fraction of sp³-hybridized carbons (Fsp3) is 0.100. The fourth-order valence-corrected chi connectivity index (χ4v) is 2.91. The zero-order valence-electron chi connectivity index (χ0n) is 12.7. The average molecular weight is 290 g/mol. The van der Waals surface area contributed by atoms with Crippen LogP contribution in [0.1, 0.15) is 0 Å². The van der Waals surface area contributed by atoms with E-state index in [1.54, 1.807) is 7.11 Å². The highest BCUT2D eigenvalue weighted by Gasteiger charge is 2.35. The summed E-state index contributed by atoms with van der Waals surface area (Å²) in [4.78, 5) is 0. The number of nitrogens with zero attached hydrogens (tertiary/aromatic N) is 1. The minimum absolute atomic E-state index is 0.540. The standard InChI is InChI=1S/C20H20NO/c1-22-17-21(18-11-5-2-6-12-18,19-13-7-3-8-14-19)20-15-9-4-10-16-20/h2-16H,17H2,1H3/q+1. The molecule has 0 aliphatic heterocycles. The Labute approximate surface area is 131 Å². The van der Waals surface area contributed by atoms with E-state index >= 15 is 0 Å². The van der Waals surface area contributed by atoms with Crippen LogP contribution in [-0.4, -0.2) is 13.8 Å². The second kappa shape index (κ2) is 6.56. The summed E-state index contributed by atoms with van der Waals surface area (Å²) in [5.41, 5.74) is 3.55.